The molecule has 0 saturated carbocycles. The van der Waals surface area contributed by atoms with Gasteiger partial charge in [0, 0.05) is 23.6 Å². The largest absolute Gasteiger partial charge is 0.491 e. The zero-order chi connectivity index (χ0) is 23.7. The highest BCUT2D eigenvalue weighted by atomic mass is 16.5. The van der Waals surface area contributed by atoms with E-state index in [2.05, 4.69) is 10.6 Å². The van der Waals surface area contributed by atoms with E-state index in [0.717, 1.165) is 11.1 Å². The van der Waals surface area contributed by atoms with Crippen molar-refractivity contribution in [3.8, 4) is 0 Å². The number of ketones is 1. The summed E-state index contributed by atoms with van der Waals surface area (Å²) in [6, 6.07) is 8.78. The van der Waals surface area contributed by atoms with Crippen LogP contribution in [0.2, 0.25) is 0 Å². The zero-order valence-electron chi connectivity index (χ0n) is 18.3. The maximum absolute atomic E-state index is 12.8. The van der Waals surface area contributed by atoms with Crippen LogP contribution in [0.4, 0.5) is 0 Å². The highest BCUT2D eigenvalue weighted by Gasteiger charge is 2.30. The Morgan fingerprint density at radius 3 is 1.94 bits per heavy atom. The zero-order valence-corrected chi connectivity index (χ0v) is 18.3. The molecular formula is C22H24B2N2O7. The number of carbonyl (C=O) groups is 3. The minimum Gasteiger partial charge on any atom is -0.423 e. The quantitative estimate of drug-likeness (QED) is 0.393. The van der Waals surface area contributed by atoms with Crippen LogP contribution in [0.1, 0.15) is 45.7 Å². The first-order valence-electron chi connectivity index (χ1n) is 10.7. The minimum absolute atomic E-state index is 0.103. The lowest BCUT2D eigenvalue weighted by atomic mass is 9.78. The molecule has 0 bridgehead atoms. The standard InChI is InChI=1S/C22H24B2N2O7/c1-12(2)20(27)19(26-22(29)14-4-6-16-11-33-24(31)18(16)8-14)9-25-21(28)13-3-5-15-10-32-23(30)17(15)7-13/h3-8,12,19,30-31H,9-11H2,1-2H3,(H,25,28)(H,26,29)/t19-/m0/s1. The van der Waals surface area contributed by atoms with E-state index in [1.807, 2.05) is 0 Å². The van der Waals surface area contributed by atoms with Gasteiger partial charge in [-0.05, 0) is 46.3 Å². The van der Waals surface area contributed by atoms with Crippen molar-refractivity contribution in [1.82, 2.24) is 10.6 Å². The number of hydrogen-bond acceptors (Lipinski definition) is 7. The van der Waals surface area contributed by atoms with Gasteiger partial charge in [-0.2, -0.15) is 0 Å². The van der Waals surface area contributed by atoms with Gasteiger partial charge in [-0.1, -0.05) is 26.0 Å². The van der Waals surface area contributed by atoms with Crippen LogP contribution in [0.3, 0.4) is 0 Å². The number of carbonyl (C=O) groups excluding carboxylic acids is 3. The van der Waals surface area contributed by atoms with Crippen LogP contribution in [-0.2, 0) is 27.3 Å². The van der Waals surface area contributed by atoms with E-state index < -0.39 is 32.1 Å². The summed E-state index contributed by atoms with van der Waals surface area (Å²) in [5, 5.41) is 25.1. The second-order valence-electron chi connectivity index (χ2n) is 8.45. The smallest absolute Gasteiger partial charge is 0.423 e. The number of hydrogen-bond donors (Lipinski definition) is 4. The van der Waals surface area contributed by atoms with Gasteiger partial charge < -0.3 is 30.0 Å². The fourth-order valence-corrected chi connectivity index (χ4v) is 3.88. The molecule has 2 amide bonds. The van der Waals surface area contributed by atoms with Crippen LogP contribution in [0.25, 0.3) is 0 Å². The number of fused-ring (bicyclic) bond motifs is 2. The molecule has 0 spiro atoms. The van der Waals surface area contributed by atoms with Crippen molar-refractivity contribution in [3.05, 3.63) is 58.7 Å². The van der Waals surface area contributed by atoms with E-state index in [9.17, 15) is 24.4 Å². The molecule has 11 heteroatoms. The first-order valence-corrected chi connectivity index (χ1v) is 10.7. The maximum atomic E-state index is 12.8. The van der Waals surface area contributed by atoms with Crippen molar-refractivity contribution >= 4 is 42.8 Å². The van der Waals surface area contributed by atoms with E-state index in [-0.39, 0.29) is 37.0 Å². The molecule has 0 saturated heterocycles. The molecule has 0 aliphatic carbocycles. The Kier molecular flexibility index (Phi) is 6.66. The van der Waals surface area contributed by atoms with E-state index >= 15 is 0 Å². The van der Waals surface area contributed by atoms with Crippen LogP contribution in [0.5, 0.6) is 0 Å². The molecule has 0 unspecified atom stereocenters. The average molecular weight is 450 g/mol. The van der Waals surface area contributed by atoms with Gasteiger partial charge in [0.2, 0.25) is 0 Å². The first kappa shape index (κ1) is 23.2. The number of rotatable bonds is 7. The number of amides is 2. The molecule has 1 atom stereocenters. The molecule has 0 fully saturated rings. The second kappa shape index (κ2) is 9.48. The molecular weight excluding hydrogens is 426 g/mol. The van der Waals surface area contributed by atoms with Crippen LogP contribution in [0, 0.1) is 5.92 Å². The monoisotopic (exact) mass is 450 g/mol. The number of benzene rings is 2. The molecule has 0 aromatic heterocycles. The maximum Gasteiger partial charge on any atom is 0.491 e. The van der Waals surface area contributed by atoms with E-state index in [1.54, 1.807) is 44.2 Å². The summed E-state index contributed by atoms with van der Waals surface area (Å²) in [5.74, 6) is -1.53. The first-order chi connectivity index (χ1) is 15.7. The lowest BCUT2D eigenvalue weighted by Gasteiger charge is -2.20. The van der Waals surface area contributed by atoms with Crippen LogP contribution in [0.15, 0.2) is 36.4 Å². The van der Waals surface area contributed by atoms with Gasteiger partial charge in [0.05, 0.1) is 13.2 Å². The summed E-state index contributed by atoms with van der Waals surface area (Å²) >= 11 is 0. The number of Topliss-reactive ketones (excluding diaryl/α,β-unsaturated/α-hetero) is 1. The molecule has 4 rings (SSSR count). The third-order valence-corrected chi connectivity index (χ3v) is 5.83. The summed E-state index contributed by atoms with van der Waals surface area (Å²) in [4.78, 5) is 38.2. The van der Waals surface area contributed by atoms with Gasteiger partial charge in [0.25, 0.3) is 11.8 Å². The van der Waals surface area contributed by atoms with E-state index in [4.69, 9.17) is 9.31 Å². The fourth-order valence-electron chi connectivity index (χ4n) is 3.88. The second-order valence-corrected chi connectivity index (χ2v) is 8.45. The summed E-state index contributed by atoms with van der Waals surface area (Å²) < 4.78 is 10.3. The summed E-state index contributed by atoms with van der Waals surface area (Å²) in [6.07, 6.45) is 0. The van der Waals surface area contributed by atoms with Crippen molar-refractivity contribution in [2.24, 2.45) is 5.92 Å². The van der Waals surface area contributed by atoms with Crippen LogP contribution in [-0.4, -0.2) is 54.5 Å². The Morgan fingerprint density at radius 1 is 0.909 bits per heavy atom. The Labute approximate surface area is 191 Å². The molecule has 2 aliphatic rings. The normalized spacial score (nSPS) is 15.3. The molecule has 9 nitrogen and oxygen atoms in total. The van der Waals surface area contributed by atoms with Crippen LogP contribution < -0.4 is 21.6 Å². The Morgan fingerprint density at radius 2 is 1.42 bits per heavy atom. The molecule has 33 heavy (non-hydrogen) atoms. The summed E-state index contributed by atoms with van der Waals surface area (Å²) in [6.45, 7) is 3.88. The molecule has 2 heterocycles. The average Bonchev–Trinajstić information content (AvgIpc) is 3.37. The molecule has 2 aliphatic heterocycles. The molecule has 2 aromatic carbocycles. The lowest BCUT2D eigenvalue weighted by molar-refractivity contribution is -0.123. The Bertz CT molecular complexity index is 1110. The van der Waals surface area contributed by atoms with Gasteiger partial charge in [0.1, 0.15) is 6.04 Å². The number of nitrogens with one attached hydrogen (secondary N) is 2. The minimum atomic E-state index is -1.09. The molecule has 0 radical (unpaired) electrons. The van der Waals surface area contributed by atoms with Crippen molar-refractivity contribution < 1.29 is 33.7 Å². The van der Waals surface area contributed by atoms with Crippen molar-refractivity contribution in [1.29, 1.82) is 0 Å². The predicted molar refractivity (Wildman–Crippen MR) is 121 cm³/mol. The summed E-state index contributed by atoms with van der Waals surface area (Å²) in [7, 11) is -2.16. The van der Waals surface area contributed by atoms with Crippen molar-refractivity contribution in [3.63, 3.8) is 0 Å². The fraction of sp³-hybridized carbons (Fsp3) is 0.318. The highest BCUT2D eigenvalue weighted by Crippen LogP contribution is 2.13. The topological polar surface area (TPSA) is 134 Å². The van der Waals surface area contributed by atoms with E-state index in [1.165, 1.54) is 6.07 Å². The molecule has 4 N–H and O–H groups in total. The predicted octanol–water partition coefficient (Wildman–Crippen LogP) is -1.12. The van der Waals surface area contributed by atoms with Gasteiger partial charge in [-0.3, -0.25) is 14.4 Å². The van der Waals surface area contributed by atoms with Gasteiger partial charge in [-0.25, -0.2) is 0 Å². The third-order valence-electron chi connectivity index (χ3n) is 5.83. The van der Waals surface area contributed by atoms with Crippen molar-refractivity contribution in [2.45, 2.75) is 33.1 Å². The van der Waals surface area contributed by atoms with Gasteiger partial charge >= 0.3 is 14.2 Å². The highest BCUT2D eigenvalue weighted by molar-refractivity contribution is 6.62. The van der Waals surface area contributed by atoms with Crippen LogP contribution >= 0.6 is 0 Å². The SMILES string of the molecule is CC(C)C(=O)[C@H](CNC(=O)c1ccc2c(c1)B(O)OC2)NC(=O)c1ccc2c(c1)B(O)OC2. The van der Waals surface area contributed by atoms with Gasteiger partial charge in [-0.15, -0.1) is 0 Å². The Balaban J connectivity index is 1.45. The van der Waals surface area contributed by atoms with E-state index in [0.29, 0.717) is 16.5 Å². The van der Waals surface area contributed by atoms with Crippen molar-refractivity contribution in [2.75, 3.05) is 6.54 Å². The molecule has 170 valence electrons. The lowest BCUT2D eigenvalue weighted by Crippen LogP contribution is -2.50. The Hall–Kier alpha value is -2.98. The third kappa shape index (κ3) is 4.86. The summed E-state index contributed by atoms with van der Waals surface area (Å²) in [5.41, 5.74) is 3.25. The molecule has 2 aromatic rings. The van der Waals surface area contributed by atoms with Gasteiger partial charge in [0.15, 0.2) is 5.78 Å².